The van der Waals surface area contributed by atoms with Gasteiger partial charge in [-0.3, -0.25) is 0 Å². The van der Waals surface area contributed by atoms with E-state index in [2.05, 4.69) is 11.4 Å². The molecule has 0 atom stereocenters. The highest BCUT2D eigenvalue weighted by molar-refractivity contribution is 5.48. The number of benzene rings is 2. The van der Waals surface area contributed by atoms with Crippen LogP contribution in [0.2, 0.25) is 0 Å². The topological polar surface area (TPSA) is 45.0 Å². The van der Waals surface area contributed by atoms with Crippen molar-refractivity contribution in [3.05, 3.63) is 58.9 Å². The molecule has 0 aliphatic heterocycles. The van der Waals surface area contributed by atoms with E-state index in [1.54, 1.807) is 18.2 Å². The standard InChI is InChI=1S/C17H17FN2O/c1-3-20-11-13-5-7-16(14(8-13)10-19)21-17-9-15(18)6-4-12(17)2/h4-9,20H,3,11H2,1-2H3. The van der Waals surface area contributed by atoms with Gasteiger partial charge in [0.05, 0.1) is 5.56 Å². The highest BCUT2D eigenvalue weighted by Gasteiger charge is 2.09. The molecule has 0 fully saturated rings. The van der Waals surface area contributed by atoms with Crippen molar-refractivity contribution in [2.45, 2.75) is 20.4 Å². The van der Waals surface area contributed by atoms with E-state index in [1.807, 2.05) is 19.9 Å². The van der Waals surface area contributed by atoms with Gasteiger partial charge in [-0.25, -0.2) is 4.39 Å². The molecule has 0 heterocycles. The van der Waals surface area contributed by atoms with Crippen molar-refractivity contribution in [1.29, 1.82) is 5.26 Å². The fourth-order valence-electron chi connectivity index (χ4n) is 1.94. The minimum Gasteiger partial charge on any atom is -0.456 e. The Morgan fingerprint density at radius 2 is 2.00 bits per heavy atom. The Hall–Kier alpha value is -2.38. The molecule has 0 unspecified atom stereocenters. The van der Waals surface area contributed by atoms with Gasteiger partial charge in [-0.05, 0) is 42.8 Å². The number of aryl methyl sites for hydroxylation is 1. The van der Waals surface area contributed by atoms with Gasteiger partial charge < -0.3 is 10.1 Å². The Morgan fingerprint density at radius 1 is 1.19 bits per heavy atom. The molecule has 0 amide bonds. The van der Waals surface area contributed by atoms with Gasteiger partial charge in [0.1, 0.15) is 23.4 Å². The fourth-order valence-corrected chi connectivity index (χ4v) is 1.94. The Kier molecular flexibility index (Phi) is 4.91. The third kappa shape index (κ3) is 3.80. The second-order valence-corrected chi connectivity index (χ2v) is 4.73. The lowest BCUT2D eigenvalue weighted by Crippen LogP contribution is -2.11. The maximum Gasteiger partial charge on any atom is 0.145 e. The molecule has 1 N–H and O–H groups in total. The van der Waals surface area contributed by atoms with Gasteiger partial charge in [-0.2, -0.15) is 5.26 Å². The van der Waals surface area contributed by atoms with Crippen molar-refractivity contribution in [2.24, 2.45) is 0 Å². The van der Waals surface area contributed by atoms with Gasteiger partial charge in [0.15, 0.2) is 0 Å². The average molecular weight is 284 g/mol. The zero-order chi connectivity index (χ0) is 15.2. The third-order valence-corrected chi connectivity index (χ3v) is 3.11. The molecule has 2 rings (SSSR count). The van der Waals surface area contributed by atoms with Gasteiger partial charge >= 0.3 is 0 Å². The number of nitrogens with zero attached hydrogens (tertiary/aromatic N) is 1. The highest BCUT2D eigenvalue weighted by Crippen LogP contribution is 2.28. The van der Waals surface area contributed by atoms with Gasteiger partial charge in [0.2, 0.25) is 0 Å². The fraction of sp³-hybridized carbons (Fsp3) is 0.235. The average Bonchev–Trinajstić information content (AvgIpc) is 2.49. The Morgan fingerprint density at radius 3 is 2.71 bits per heavy atom. The molecule has 4 heteroatoms. The summed E-state index contributed by atoms with van der Waals surface area (Å²) in [7, 11) is 0. The third-order valence-electron chi connectivity index (χ3n) is 3.11. The van der Waals surface area contributed by atoms with Crippen LogP contribution in [0.3, 0.4) is 0 Å². The number of rotatable bonds is 5. The second kappa shape index (κ2) is 6.87. The summed E-state index contributed by atoms with van der Waals surface area (Å²) in [6.07, 6.45) is 0. The summed E-state index contributed by atoms with van der Waals surface area (Å²) in [6.45, 7) is 5.42. The van der Waals surface area contributed by atoms with Crippen molar-refractivity contribution >= 4 is 0 Å². The Balaban J connectivity index is 2.27. The maximum atomic E-state index is 13.3. The van der Waals surface area contributed by atoms with Crippen molar-refractivity contribution < 1.29 is 9.13 Å². The van der Waals surface area contributed by atoms with Crippen LogP contribution in [-0.4, -0.2) is 6.54 Å². The molecule has 0 aromatic heterocycles. The van der Waals surface area contributed by atoms with Crippen LogP contribution in [-0.2, 0) is 6.54 Å². The molecule has 2 aromatic carbocycles. The molecule has 0 spiro atoms. The van der Waals surface area contributed by atoms with E-state index in [0.717, 1.165) is 17.7 Å². The Bertz CT molecular complexity index is 677. The highest BCUT2D eigenvalue weighted by atomic mass is 19.1. The van der Waals surface area contributed by atoms with Crippen LogP contribution < -0.4 is 10.1 Å². The summed E-state index contributed by atoms with van der Waals surface area (Å²) >= 11 is 0. The van der Waals surface area contributed by atoms with Crippen LogP contribution in [0.15, 0.2) is 36.4 Å². The first kappa shape index (κ1) is 15.0. The van der Waals surface area contributed by atoms with Crippen LogP contribution in [0.1, 0.15) is 23.6 Å². The maximum absolute atomic E-state index is 13.3. The summed E-state index contributed by atoms with van der Waals surface area (Å²) in [5.74, 6) is 0.496. The lowest BCUT2D eigenvalue weighted by Gasteiger charge is -2.11. The van der Waals surface area contributed by atoms with E-state index >= 15 is 0 Å². The summed E-state index contributed by atoms with van der Waals surface area (Å²) in [5.41, 5.74) is 2.27. The van der Waals surface area contributed by atoms with E-state index < -0.39 is 0 Å². The summed E-state index contributed by atoms with van der Waals surface area (Å²) in [5, 5.41) is 12.4. The summed E-state index contributed by atoms with van der Waals surface area (Å²) < 4.78 is 19.0. The minimum absolute atomic E-state index is 0.363. The first-order valence-electron chi connectivity index (χ1n) is 6.81. The van der Waals surface area contributed by atoms with Crippen LogP contribution >= 0.6 is 0 Å². The molecule has 0 bridgehead atoms. The number of halogens is 1. The van der Waals surface area contributed by atoms with E-state index in [4.69, 9.17) is 4.74 Å². The van der Waals surface area contributed by atoms with E-state index in [-0.39, 0.29) is 5.82 Å². The predicted molar refractivity (Wildman–Crippen MR) is 79.7 cm³/mol. The van der Waals surface area contributed by atoms with Crippen molar-refractivity contribution in [1.82, 2.24) is 5.32 Å². The second-order valence-electron chi connectivity index (χ2n) is 4.73. The molecule has 3 nitrogen and oxygen atoms in total. The molecule has 21 heavy (non-hydrogen) atoms. The lowest BCUT2D eigenvalue weighted by molar-refractivity contribution is 0.471. The molecule has 0 saturated heterocycles. The van der Waals surface area contributed by atoms with Crippen molar-refractivity contribution in [3.63, 3.8) is 0 Å². The van der Waals surface area contributed by atoms with E-state index in [9.17, 15) is 9.65 Å². The molecule has 2 aromatic rings. The largest absolute Gasteiger partial charge is 0.456 e. The van der Waals surface area contributed by atoms with Gasteiger partial charge in [-0.1, -0.05) is 19.1 Å². The summed E-state index contributed by atoms with van der Waals surface area (Å²) in [4.78, 5) is 0. The molecule has 0 radical (unpaired) electrons. The van der Waals surface area contributed by atoms with Gasteiger partial charge in [-0.15, -0.1) is 0 Å². The number of hydrogen-bond donors (Lipinski definition) is 1. The van der Waals surface area contributed by atoms with Gasteiger partial charge in [0.25, 0.3) is 0 Å². The molecular weight excluding hydrogens is 267 g/mol. The van der Waals surface area contributed by atoms with Crippen molar-refractivity contribution in [2.75, 3.05) is 6.54 Å². The van der Waals surface area contributed by atoms with Crippen LogP contribution in [0.25, 0.3) is 0 Å². The van der Waals surface area contributed by atoms with Crippen LogP contribution in [0.5, 0.6) is 11.5 Å². The normalized spacial score (nSPS) is 10.2. The molecule has 108 valence electrons. The molecule has 0 saturated carbocycles. The molecule has 0 aliphatic rings. The molecule has 0 aliphatic carbocycles. The first-order chi connectivity index (χ1) is 10.1. The van der Waals surface area contributed by atoms with E-state index in [0.29, 0.717) is 23.6 Å². The first-order valence-corrected chi connectivity index (χ1v) is 6.81. The van der Waals surface area contributed by atoms with Crippen molar-refractivity contribution in [3.8, 4) is 17.6 Å². The van der Waals surface area contributed by atoms with E-state index in [1.165, 1.54) is 12.1 Å². The SMILES string of the molecule is CCNCc1ccc(Oc2cc(F)ccc2C)c(C#N)c1. The number of nitrogens with one attached hydrogen (secondary N) is 1. The number of nitriles is 1. The predicted octanol–water partition coefficient (Wildman–Crippen LogP) is 3.91. The zero-order valence-corrected chi connectivity index (χ0v) is 12.1. The van der Waals surface area contributed by atoms with Crippen LogP contribution in [0.4, 0.5) is 4.39 Å². The zero-order valence-electron chi connectivity index (χ0n) is 12.1. The smallest absolute Gasteiger partial charge is 0.145 e. The quantitative estimate of drug-likeness (QED) is 0.905. The van der Waals surface area contributed by atoms with Crippen LogP contribution in [0, 0.1) is 24.1 Å². The summed E-state index contributed by atoms with van der Waals surface area (Å²) in [6, 6.07) is 11.9. The monoisotopic (exact) mass is 284 g/mol. The number of ether oxygens (including phenoxy) is 1. The molecular formula is C17H17FN2O. The Labute approximate surface area is 124 Å². The van der Waals surface area contributed by atoms with Gasteiger partial charge in [0, 0.05) is 12.6 Å². The lowest BCUT2D eigenvalue weighted by atomic mass is 10.1. The minimum atomic E-state index is -0.363. The number of hydrogen-bond acceptors (Lipinski definition) is 3.